The van der Waals surface area contributed by atoms with E-state index in [4.69, 9.17) is 11.2 Å². The highest BCUT2D eigenvalue weighted by atomic mass is 19.1. The molecule has 1 aromatic carbocycles. The highest BCUT2D eigenvalue weighted by Gasteiger charge is 2.07. The summed E-state index contributed by atoms with van der Waals surface area (Å²) < 4.78 is 18.4. The monoisotopic (exact) mass is 250 g/mol. The van der Waals surface area contributed by atoms with Crippen LogP contribution in [0.1, 0.15) is 5.56 Å². The second kappa shape index (κ2) is 7.30. The molecule has 0 saturated carbocycles. The number of hydrogen-bond donors (Lipinski definition) is 2. The molecular formula is C13H15FN2O2. The van der Waals surface area contributed by atoms with Crippen molar-refractivity contribution in [3.63, 3.8) is 0 Å². The highest BCUT2D eigenvalue weighted by Crippen LogP contribution is 2.19. The van der Waals surface area contributed by atoms with Gasteiger partial charge in [0, 0.05) is 12.1 Å². The number of rotatable bonds is 6. The van der Waals surface area contributed by atoms with E-state index in [-0.39, 0.29) is 24.9 Å². The van der Waals surface area contributed by atoms with E-state index in [9.17, 15) is 9.18 Å². The fraction of sp³-hybridized carbons (Fsp3) is 0.308. The van der Waals surface area contributed by atoms with E-state index in [0.717, 1.165) is 0 Å². The summed E-state index contributed by atoms with van der Waals surface area (Å²) in [5.74, 6) is 2.11. The molecule has 5 heteroatoms. The first-order valence-electron chi connectivity index (χ1n) is 5.43. The Kier molecular flexibility index (Phi) is 5.68. The Labute approximate surface area is 106 Å². The summed E-state index contributed by atoms with van der Waals surface area (Å²) in [5, 5.41) is 5.38. The molecule has 4 nitrogen and oxygen atoms in total. The molecule has 0 aliphatic carbocycles. The van der Waals surface area contributed by atoms with Gasteiger partial charge in [0.05, 0.1) is 6.54 Å². The second-order valence-electron chi connectivity index (χ2n) is 3.55. The lowest BCUT2D eigenvalue weighted by Crippen LogP contribution is -2.29. The minimum atomic E-state index is -0.343. The summed E-state index contributed by atoms with van der Waals surface area (Å²) in [7, 11) is 1.74. The molecule has 0 unspecified atom stereocenters. The zero-order valence-electron chi connectivity index (χ0n) is 10.1. The Bertz CT molecular complexity index is 455. The predicted octanol–water partition coefficient (Wildman–Crippen LogP) is 0.673. The lowest BCUT2D eigenvalue weighted by Gasteiger charge is -2.11. The van der Waals surface area contributed by atoms with Crippen LogP contribution in [0.25, 0.3) is 0 Å². The smallest absolute Gasteiger partial charge is 0.258 e. The fourth-order valence-corrected chi connectivity index (χ4v) is 1.36. The molecule has 0 bridgehead atoms. The maximum atomic E-state index is 13.1. The first-order valence-corrected chi connectivity index (χ1v) is 5.43. The zero-order chi connectivity index (χ0) is 13.4. The lowest BCUT2D eigenvalue weighted by atomic mass is 10.2. The minimum Gasteiger partial charge on any atom is -0.483 e. The van der Waals surface area contributed by atoms with E-state index >= 15 is 0 Å². The number of benzene rings is 1. The third-order valence-corrected chi connectivity index (χ3v) is 2.14. The van der Waals surface area contributed by atoms with Crippen LogP contribution in [0.5, 0.6) is 5.75 Å². The molecule has 0 aliphatic heterocycles. The van der Waals surface area contributed by atoms with Crippen LogP contribution in [0.4, 0.5) is 4.39 Å². The van der Waals surface area contributed by atoms with Gasteiger partial charge in [-0.15, -0.1) is 6.42 Å². The Morgan fingerprint density at radius 1 is 1.56 bits per heavy atom. The molecule has 0 spiro atoms. The van der Waals surface area contributed by atoms with Crippen molar-refractivity contribution in [2.75, 3.05) is 20.2 Å². The second-order valence-corrected chi connectivity index (χ2v) is 3.55. The van der Waals surface area contributed by atoms with Gasteiger partial charge in [-0.25, -0.2) is 4.39 Å². The van der Waals surface area contributed by atoms with E-state index in [1.165, 1.54) is 18.2 Å². The average Bonchev–Trinajstić information content (AvgIpc) is 2.36. The van der Waals surface area contributed by atoms with Crippen molar-refractivity contribution >= 4 is 5.91 Å². The Hall–Kier alpha value is -2.06. The summed E-state index contributed by atoms with van der Waals surface area (Å²) in [5.41, 5.74) is 0.655. The Balaban J connectivity index is 2.61. The number of terminal acetylenes is 1. The van der Waals surface area contributed by atoms with Crippen LogP contribution in [0.3, 0.4) is 0 Å². The first-order chi connectivity index (χ1) is 8.67. The van der Waals surface area contributed by atoms with Crippen LogP contribution >= 0.6 is 0 Å². The molecular weight excluding hydrogens is 235 g/mol. The summed E-state index contributed by atoms with van der Waals surface area (Å²) in [6.45, 7) is 0.470. The molecule has 0 aliphatic rings. The number of nitrogens with one attached hydrogen (secondary N) is 2. The van der Waals surface area contributed by atoms with Crippen LogP contribution in [0.2, 0.25) is 0 Å². The van der Waals surface area contributed by atoms with Gasteiger partial charge in [0.2, 0.25) is 0 Å². The van der Waals surface area contributed by atoms with Crippen molar-refractivity contribution in [2.45, 2.75) is 6.54 Å². The van der Waals surface area contributed by atoms with Gasteiger partial charge in [-0.3, -0.25) is 4.79 Å². The molecule has 0 saturated heterocycles. The third-order valence-electron chi connectivity index (χ3n) is 2.14. The topological polar surface area (TPSA) is 50.4 Å². The molecule has 0 atom stereocenters. The van der Waals surface area contributed by atoms with Crippen LogP contribution < -0.4 is 15.4 Å². The molecule has 0 radical (unpaired) electrons. The maximum Gasteiger partial charge on any atom is 0.258 e. The number of ether oxygens (including phenoxy) is 1. The number of hydrogen-bond acceptors (Lipinski definition) is 3. The summed E-state index contributed by atoms with van der Waals surface area (Å²) >= 11 is 0. The summed E-state index contributed by atoms with van der Waals surface area (Å²) in [4.78, 5) is 11.3. The molecule has 1 rings (SSSR count). The Morgan fingerprint density at radius 3 is 3.00 bits per heavy atom. The van der Waals surface area contributed by atoms with Gasteiger partial charge in [-0.05, 0) is 25.2 Å². The zero-order valence-corrected chi connectivity index (χ0v) is 10.1. The number of carbonyl (C=O) groups excluding carboxylic acids is 1. The molecule has 2 N–H and O–H groups in total. The van der Waals surface area contributed by atoms with E-state index in [0.29, 0.717) is 17.9 Å². The standard InChI is InChI=1S/C13H15FN2O2/c1-3-6-16-13(17)9-18-12-5-4-11(14)7-10(12)8-15-2/h1,4-5,7,15H,6,8-9H2,2H3,(H,16,17). The third kappa shape index (κ3) is 4.44. The highest BCUT2D eigenvalue weighted by molar-refractivity contribution is 5.77. The van der Waals surface area contributed by atoms with Crippen molar-refractivity contribution in [3.8, 4) is 18.1 Å². The molecule has 1 amide bonds. The summed E-state index contributed by atoms with van der Waals surface area (Å²) in [6.07, 6.45) is 5.01. The van der Waals surface area contributed by atoms with E-state index < -0.39 is 0 Å². The maximum absolute atomic E-state index is 13.1. The Morgan fingerprint density at radius 2 is 2.33 bits per heavy atom. The molecule has 0 fully saturated rings. The number of amides is 1. The van der Waals surface area contributed by atoms with Gasteiger partial charge in [-0.2, -0.15) is 0 Å². The van der Waals surface area contributed by atoms with E-state index in [1.54, 1.807) is 7.05 Å². The van der Waals surface area contributed by atoms with E-state index in [1.807, 2.05) is 0 Å². The molecule has 0 aromatic heterocycles. The molecule has 1 aromatic rings. The van der Waals surface area contributed by atoms with Crippen LogP contribution in [-0.2, 0) is 11.3 Å². The number of halogens is 1. The predicted molar refractivity (Wildman–Crippen MR) is 66.5 cm³/mol. The van der Waals surface area contributed by atoms with Crippen molar-refractivity contribution in [3.05, 3.63) is 29.6 Å². The van der Waals surface area contributed by atoms with Crippen LogP contribution in [-0.4, -0.2) is 26.1 Å². The summed E-state index contributed by atoms with van der Waals surface area (Å²) in [6, 6.07) is 4.15. The van der Waals surface area contributed by atoms with Crippen molar-refractivity contribution in [1.29, 1.82) is 0 Å². The van der Waals surface area contributed by atoms with Crippen molar-refractivity contribution in [1.82, 2.24) is 10.6 Å². The van der Waals surface area contributed by atoms with Gasteiger partial charge in [0.15, 0.2) is 6.61 Å². The van der Waals surface area contributed by atoms with Crippen LogP contribution in [0, 0.1) is 18.2 Å². The van der Waals surface area contributed by atoms with Crippen LogP contribution in [0.15, 0.2) is 18.2 Å². The lowest BCUT2D eigenvalue weighted by molar-refractivity contribution is -0.122. The SMILES string of the molecule is C#CCNC(=O)COc1ccc(F)cc1CNC. The largest absolute Gasteiger partial charge is 0.483 e. The van der Waals surface area contributed by atoms with Gasteiger partial charge >= 0.3 is 0 Å². The van der Waals surface area contributed by atoms with Crippen molar-refractivity contribution < 1.29 is 13.9 Å². The first kappa shape index (κ1) is 14.0. The normalized spacial score (nSPS) is 9.61. The molecule has 0 heterocycles. The molecule has 96 valence electrons. The average molecular weight is 250 g/mol. The van der Waals surface area contributed by atoms with Gasteiger partial charge < -0.3 is 15.4 Å². The fourth-order valence-electron chi connectivity index (χ4n) is 1.36. The van der Waals surface area contributed by atoms with Gasteiger partial charge in [0.1, 0.15) is 11.6 Å². The molecule has 18 heavy (non-hydrogen) atoms. The van der Waals surface area contributed by atoms with Gasteiger partial charge in [0.25, 0.3) is 5.91 Å². The van der Waals surface area contributed by atoms with Crippen molar-refractivity contribution in [2.24, 2.45) is 0 Å². The van der Waals surface area contributed by atoms with E-state index in [2.05, 4.69) is 16.6 Å². The quantitative estimate of drug-likeness (QED) is 0.730. The number of carbonyl (C=O) groups is 1. The van der Waals surface area contributed by atoms with Gasteiger partial charge in [-0.1, -0.05) is 5.92 Å². The minimum absolute atomic E-state index is 0.149.